The Hall–Kier alpha value is -1.83. The molecule has 1 aromatic heterocycles. The van der Waals surface area contributed by atoms with Crippen LogP contribution >= 0.6 is 11.3 Å². The molecule has 2 rings (SSSR count). The molecule has 116 valence electrons. The molecule has 1 saturated heterocycles. The molecule has 0 aromatic carbocycles. The van der Waals surface area contributed by atoms with Gasteiger partial charge in [0.25, 0.3) is 5.91 Å². The molecular formula is C13H21N5O2S. The van der Waals surface area contributed by atoms with Crippen molar-refractivity contribution < 1.29 is 9.59 Å². The van der Waals surface area contributed by atoms with Crippen LogP contribution in [0.25, 0.3) is 0 Å². The van der Waals surface area contributed by atoms with Gasteiger partial charge >= 0.3 is 0 Å². The summed E-state index contributed by atoms with van der Waals surface area (Å²) in [5.41, 5.74) is 5.89. The fraction of sp³-hybridized carbons (Fsp3) is 0.615. The number of nitrogens with one attached hydrogen (secondary N) is 1. The molecular weight excluding hydrogens is 290 g/mol. The first-order chi connectivity index (χ1) is 9.99. The van der Waals surface area contributed by atoms with Crippen LogP contribution in [0, 0.1) is 0 Å². The Labute approximate surface area is 128 Å². The van der Waals surface area contributed by atoms with Gasteiger partial charge in [0.15, 0.2) is 5.13 Å². The second-order valence-electron chi connectivity index (χ2n) is 4.94. The first-order valence-electron chi connectivity index (χ1n) is 7.05. The molecule has 1 unspecified atom stereocenters. The van der Waals surface area contributed by atoms with E-state index in [1.165, 1.54) is 11.3 Å². The van der Waals surface area contributed by atoms with E-state index in [0.717, 1.165) is 6.54 Å². The second kappa shape index (κ2) is 6.30. The van der Waals surface area contributed by atoms with E-state index in [2.05, 4.69) is 10.3 Å². The molecule has 0 radical (unpaired) electrons. The molecule has 2 heterocycles. The number of nitrogen functional groups attached to an aromatic ring is 1. The monoisotopic (exact) mass is 311 g/mol. The van der Waals surface area contributed by atoms with Gasteiger partial charge in [-0.1, -0.05) is 18.3 Å². The van der Waals surface area contributed by atoms with Gasteiger partial charge in [-0.15, -0.1) is 0 Å². The molecule has 3 N–H and O–H groups in total. The van der Waals surface area contributed by atoms with E-state index in [-0.39, 0.29) is 17.6 Å². The largest absolute Gasteiger partial charge is 0.382 e. The fourth-order valence-electron chi connectivity index (χ4n) is 2.27. The zero-order valence-corrected chi connectivity index (χ0v) is 13.4. The van der Waals surface area contributed by atoms with Crippen molar-refractivity contribution in [2.75, 3.05) is 37.3 Å². The van der Waals surface area contributed by atoms with Crippen LogP contribution in [-0.4, -0.2) is 54.4 Å². The minimum atomic E-state index is -0.430. The Morgan fingerprint density at radius 2 is 2.29 bits per heavy atom. The molecule has 7 nitrogen and oxygen atoms in total. The van der Waals surface area contributed by atoms with Gasteiger partial charge in [0.1, 0.15) is 16.7 Å². The highest BCUT2D eigenvalue weighted by Gasteiger charge is 2.34. The Morgan fingerprint density at radius 3 is 2.90 bits per heavy atom. The van der Waals surface area contributed by atoms with Crippen molar-refractivity contribution in [2.45, 2.75) is 26.3 Å². The number of rotatable bonds is 4. The highest BCUT2D eigenvalue weighted by atomic mass is 32.1. The van der Waals surface area contributed by atoms with E-state index in [0.29, 0.717) is 29.5 Å². The summed E-state index contributed by atoms with van der Waals surface area (Å²) >= 11 is 1.27. The van der Waals surface area contributed by atoms with Gasteiger partial charge in [-0.3, -0.25) is 9.59 Å². The van der Waals surface area contributed by atoms with Crippen molar-refractivity contribution >= 4 is 34.1 Å². The first-order valence-corrected chi connectivity index (χ1v) is 7.87. The number of anilines is 2. The van der Waals surface area contributed by atoms with Gasteiger partial charge in [-0.2, -0.15) is 0 Å². The number of hydrogen-bond acceptors (Lipinski definition) is 6. The molecule has 1 fully saturated rings. The van der Waals surface area contributed by atoms with Gasteiger partial charge < -0.3 is 20.9 Å². The smallest absolute Gasteiger partial charge is 0.268 e. The van der Waals surface area contributed by atoms with Crippen LogP contribution in [-0.2, 0) is 4.79 Å². The van der Waals surface area contributed by atoms with E-state index in [1.54, 1.807) is 4.90 Å². The average molecular weight is 311 g/mol. The van der Waals surface area contributed by atoms with Crippen molar-refractivity contribution in [1.82, 2.24) is 15.2 Å². The van der Waals surface area contributed by atoms with Gasteiger partial charge in [-0.05, 0) is 13.3 Å². The highest BCUT2D eigenvalue weighted by molar-refractivity contribution is 7.18. The Morgan fingerprint density at radius 1 is 1.57 bits per heavy atom. The van der Waals surface area contributed by atoms with Crippen LogP contribution in [0.5, 0.6) is 0 Å². The zero-order chi connectivity index (χ0) is 15.6. The predicted molar refractivity (Wildman–Crippen MR) is 83.6 cm³/mol. The van der Waals surface area contributed by atoms with Crippen LogP contribution < -0.4 is 16.0 Å². The molecule has 1 aromatic rings. The van der Waals surface area contributed by atoms with E-state index < -0.39 is 6.04 Å². The minimum absolute atomic E-state index is 0.105. The lowest BCUT2D eigenvalue weighted by molar-refractivity contribution is -0.127. The quantitative estimate of drug-likeness (QED) is 0.846. The lowest BCUT2D eigenvalue weighted by atomic mass is 10.1. The van der Waals surface area contributed by atoms with E-state index in [4.69, 9.17) is 5.73 Å². The maximum absolute atomic E-state index is 12.7. The van der Waals surface area contributed by atoms with Gasteiger partial charge in [0, 0.05) is 26.7 Å². The number of nitrogens with two attached hydrogens (primary N) is 1. The van der Waals surface area contributed by atoms with Crippen LogP contribution in [0.2, 0.25) is 0 Å². The lowest BCUT2D eigenvalue weighted by Gasteiger charge is -2.34. The molecule has 21 heavy (non-hydrogen) atoms. The van der Waals surface area contributed by atoms with Gasteiger partial charge in [-0.25, -0.2) is 4.98 Å². The maximum Gasteiger partial charge on any atom is 0.268 e. The summed E-state index contributed by atoms with van der Waals surface area (Å²) < 4.78 is 0. The second-order valence-corrected chi connectivity index (χ2v) is 5.92. The third-order valence-corrected chi connectivity index (χ3v) is 4.79. The SMILES string of the molecule is CCC1C(=O)NCCN1C(=O)c1sc(N(C)CC)nc1N. The number of amides is 2. The minimum Gasteiger partial charge on any atom is -0.382 e. The molecule has 0 bridgehead atoms. The topological polar surface area (TPSA) is 91.6 Å². The molecule has 8 heteroatoms. The number of nitrogens with zero attached hydrogens (tertiary/aromatic N) is 3. The lowest BCUT2D eigenvalue weighted by Crippen LogP contribution is -2.56. The molecule has 0 saturated carbocycles. The summed E-state index contributed by atoms with van der Waals surface area (Å²) in [6.07, 6.45) is 0.581. The molecule has 0 aliphatic carbocycles. The van der Waals surface area contributed by atoms with Crippen LogP contribution in [0.3, 0.4) is 0 Å². The number of carbonyl (C=O) groups is 2. The summed E-state index contributed by atoms with van der Waals surface area (Å²) in [4.78, 5) is 32.7. The molecule has 0 spiro atoms. The molecule has 1 atom stereocenters. The highest BCUT2D eigenvalue weighted by Crippen LogP contribution is 2.29. The Kier molecular flexibility index (Phi) is 4.66. The molecule has 2 amide bonds. The third-order valence-electron chi connectivity index (χ3n) is 3.62. The fourth-order valence-corrected chi connectivity index (χ4v) is 3.23. The first kappa shape index (κ1) is 15.6. The van der Waals surface area contributed by atoms with Crippen molar-refractivity contribution in [3.8, 4) is 0 Å². The van der Waals surface area contributed by atoms with Gasteiger partial charge in [0.05, 0.1) is 0 Å². The maximum atomic E-state index is 12.7. The normalized spacial score (nSPS) is 18.5. The number of thiazole rings is 1. The average Bonchev–Trinajstić information content (AvgIpc) is 2.87. The van der Waals surface area contributed by atoms with Crippen LogP contribution in [0.1, 0.15) is 29.9 Å². The van der Waals surface area contributed by atoms with Crippen LogP contribution in [0.4, 0.5) is 10.9 Å². The van der Waals surface area contributed by atoms with E-state index in [9.17, 15) is 9.59 Å². The molecule has 1 aliphatic rings. The zero-order valence-electron chi connectivity index (χ0n) is 12.5. The summed E-state index contributed by atoms with van der Waals surface area (Å²) in [6.45, 7) is 5.65. The van der Waals surface area contributed by atoms with Crippen molar-refractivity contribution in [1.29, 1.82) is 0 Å². The Bertz CT molecular complexity index is 545. The van der Waals surface area contributed by atoms with Gasteiger partial charge in [0.2, 0.25) is 5.91 Å². The van der Waals surface area contributed by atoms with E-state index >= 15 is 0 Å². The predicted octanol–water partition coefficient (Wildman–Crippen LogP) is 0.532. The standard InChI is InChI=1S/C13H21N5O2S/c1-4-8-11(19)15-6-7-18(8)12(20)9-10(14)16-13(21-9)17(3)5-2/h8H,4-7,14H2,1-3H3,(H,15,19). The van der Waals surface area contributed by atoms with Crippen molar-refractivity contribution in [3.63, 3.8) is 0 Å². The number of hydrogen-bond donors (Lipinski definition) is 2. The summed E-state index contributed by atoms with van der Waals surface area (Å²) in [7, 11) is 1.90. The Balaban J connectivity index is 2.26. The number of aromatic nitrogens is 1. The van der Waals surface area contributed by atoms with Crippen LogP contribution in [0.15, 0.2) is 0 Å². The molecule has 1 aliphatic heterocycles. The number of piperazine rings is 1. The van der Waals surface area contributed by atoms with Crippen molar-refractivity contribution in [2.24, 2.45) is 0 Å². The van der Waals surface area contributed by atoms with E-state index in [1.807, 2.05) is 25.8 Å². The summed E-state index contributed by atoms with van der Waals surface area (Å²) in [6, 6.07) is -0.430. The third kappa shape index (κ3) is 2.94. The number of carbonyl (C=O) groups excluding carboxylic acids is 2. The van der Waals surface area contributed by atoms with Crippen molar-refractivity contribution in [3.05, 3.63) is 4.88 Å². The summed E-state index contributed by atoms with van der Waals surface area (Å²) in [5.74, 6) is -0.0744. The summed E-state index contributed by atoms with van der Waals surface area (Å²) in [5, 5.41) is 3.50.